The second kappa shape index (κ2) is 8.39. The number of ether oxygens (including phenoxy) is 1. The molecular weight excluding hydrogens is 391 g/mol. The van der Waals surface area contributed by atoms with Gasteiger partial charge >= 0.3 is 6.18 Å². The van der Waals surface area contributed by atoms with Crippen molar-refractivity contribution in [1.82, 2.24) is 9.78 Å². The van der Waals surface area contributed by atoms with Crippen molar-refractivity contribution in [2.75, 3.05) is 18.2 Å². The zero-order chi connectivity index (χ0) is 20.1. The van der Waals surface area contributed by atoms with Crippen LogP contribution >= 0.6 is 11.8 Å². The highest BCUT2D eigenvalue weighted by atomic mass is 32.2. The predicted octanol–water partition coefficient (Wildman–Crippen LogP) is 4.79. The number of carbonyl (C=O) groups is 1. The van der Waals surface area contributed by atoms with Gasteiger partial charge in [-0.15, -0.1) is 11.8 Å². The first-order valence-electron chi connectivity index (χ1n) is 8.16. The number of aromatic nitrogens is 2. The number of para-hydroxylation sites is 2. The van der Waals surface area contributed by atoms with Gasteiger partial charge in [-0.05, 0) is 24.3 Å². The fraction of sp³-hybridized carbons (Fsp3) is 0.158. The molecule has 146 valence electrons. The first-order valence-corrected chi connectivity index (χ1v) is 9.15. The minimum Gasteiger partial charge on any atom is -0.493 e. The standard InChI is InChI=1S/C19H16F3N3O2S/c1-27-15-11-25(13-7-3-2-4-8-13)24-17(15)18(26)23-14-9-5-6-10-16(14)28-12-19(20,21)22/h2-11H,12H2,1H3,(H,23,26). The summed E-state index contributed by atoms with van der Waals surface area (Å²) in [5, 5.41) is 6.87. The fourth-order valence-corrected chi connectivity index (χ4v) is 3.18. The second-order valence-electron chi connectivity index (χ2n) is 5.68. The molecule has 0 fully saturated rings. The number of alkyl halides is 3. The molecule has 0 unspecified atom stereocenters. The lowest BCUT2D eigenvalue weighted by Crippen LogP contribution is -2.15. The molecule has 1 heterocycles. The Hall–Kier alpha value is -2.94. The number of nitrogens with zero attached hydrogens (tertiary/aromatic N) is 2. The van der Waals surface area contributed by atoms with Crippen LogP contribution in [0.2, 0.25) is 0 Å². The van der Waals surface area contributed by atoms with Crippen LogP contribution < -0.4 is 10.1 Å². The van der Waals surface area contributed by atoms with Crippen LogP contribution in [0.4, 0.5) is 18.9 Å². The maximum atomic E-state index is 12.7. The SMILES string of the molecule is COc1cn(-c2ccccc2)nc1C(=O)Nc1ccccc1SCC(F)(F)F. The number of anilines is 1. The number of methoxy groups -OCH3 is 1. The molecule has 28 heavy (non-hydrogen) atoms. The third-order valence-electron chi connectivity index (χ3n) is 3.66. The Bertz CT molecular complexity index is 959. The lowest BCUT2D eigenvalue weighted by atomic mass is 10.3. The Balaban J connectivity index is 1.83. The van der Waals surface area contributed by atoms with Crippen molar-refractivity contribution < 1.29 is 22.7 Å². The monoisotopic (exact) mass is 407 g/mol. The van der Waals surface area contributed by atoms with Gasteiger partial charge in [-0.3, -0.25) is 4.79 Å². The van der Waals surface area contributed by atoms with E-state index in [-0.39, 0.29) is 17.1 Å². The third kappa shape index (κ3) is 4.86. The van der Waals surface area contributed by atoms with Crippen LogP contribution in [0.3, 0.4) is 0 Å². The van der Waals surface area contributed by atoms with Crippen molar-refractivity contribution in [3.05, 3.63) is 66.5 Å². The summed E-state index contributed by atoms with van der Waals surface area (Å²) in [7, 11) is 1.41. The van der Waals surface area contributed by atoms with E-state index in [0.29, 0.717) is 16.7 Å². The number of halogens is 3. The molecule has 5 nitrogen and oxygen atoms in total. The molecule has 0 aliphatic rings. The van der Waals surface area contributed by atoms with E-state index in [1.54, 1.807) is 18.3 Å². The lowest BCUT2D eigenvalue weighted by Gasteiger charge is -2.11. The normalized spacial score (nSPS) is 11.3. The zero-order valence-electron chi connectivity index (χ0n) is 14.7. The number of hydrogen-bond donors (Lipinski definition) is 1. The molecular formula is C19H16F3N3O2S. The summed E-state index contributed by atoms with van der Waals surface area (Å²) < 4.78 is 44.3. The van der Waals surface area contributed by atoms with Crippen molar-refractivity contribution in [3.63, 3.8) is 0 Å². The first-order chi connectivity index (χ1) is 13.4. The highest BCUT2D eigenvalue weighted by Gasteiger charge is 2.28. The maximum Gasteiger partial charge on any atom is 0.398 e. The number of amides is 1. The van der Waals surface area contributed by atoms with Gasteiger partial charge in [-0.1, -0.05) is 30.3 Å². The molecule has 0 radical (unpaired) electrons. The molecule has 1 N–H and O–H groups in total. The van der Waals surface area contributed by atoms with Crippen LogP contribution in [0.1, 0.15) is 10.5 Å². The van der Waals surface area contributed by atoms with Crippen LogP contribution in [0.15, 0.2) is 65.7 Å². The summed E-state index contributed by atoms with van der Waals surface area (Å²) in [6.45, 7) is 0. The molecule has 0 spiro atoms. The van der Waals surface area contributed by atoms with Gasteiger partial charge in [0.15, 0.2) is 11.4 Å². The van der Waals surface area contributed by atoms with Crippen LogP contribution in [0.5, 0.6) is 5.75 Å². The summed E-state index contributed by atoms with van der Waals surface area (Å²) in [4.78, 5) is 13.0. The fourth-order valence-electron chi connectivity index (χ4n) is 2.41. The molecule has 2 aromatic carbocycles. The molecule has 0 bridgehead atoms. The van der Waals surface area contributed by atoms with E-state index in [4.69, 9.17) is 4.74 Å². The van der Waals surface area contributed by atoms with Crippen molar-refractivity contribution in [2.24, 2.45) is 0 Å². The average molecular weight is 407 g/mol. The van der Waals surface area contributed by atoms with Crippen molar-refractivity contribution in [1.29, 1.82) is 0 Å². The number of benzene rings is 2. The largest absolute Gasteiger partial charge is 0.493 e. The van der Waals surface area contributed by atoms with Gasteiger partial charge in [0.2, 0.25) is 0 Å². The Morgan fingerprint density at radius 3 is 2.50 bits per heavy atom. The topological polar surface area (TPSA) is 56.2 Å². The number of nitrogens with one attached hydrogen (secondary N) is 1. The number of hydrogen-bond acceptors (Lipinski definition) is 4. The summed E-state index contributed by atoms with van der Waals surface area (Å²) in [6, 6.07) is 15.5. The van der Waals surface area contributed by atoms with E-state index < -0.39 is 17.8 Å². The van der Waals surface area contributed by atoms with Gasteiger partial charge in [0.05, 0.1) is 30.4 Å². The summed E-state index contributed by atoms with van der Waals surface area (Å²) >= 11 is 0.607. The molecule has 9 heteroatoms. The summed E-state index contributed by atoms with van der Waals surface area (Å²) in [6.07, 6.45) is -2.74. The third-order valence-corrected chi connectivity index (χ3v) is 4.80. The molecule has 1 aromatic heterocycles. The van der Waals surface area contributed by atoms with Gasteiger partial charge in [0, 0.05) is 4.90 Å². The molecule has 0 saturated carbocycles. The maximum absolute atomic E-state index is 12.7. The van der Waals surface area contributed by atoms with E-state index >= 15 is 0 Å². The zero-order valence-corrected chi connectivity index (χ0v) is 15.6. The van der Waals surface area contributed by atoms with Crippen molar-refractivity contribution >= 4 is 23.4 Å². The minimum absolute atomic E-state index is 0.0296. The molecule has 3 rings (SSSR count). The highest BCUT2D eigenvalue weighted by Crippen LogP contribution is 2.32. The second-order valence-corrected chi connectivity index (χ2v) is 6.70. The van der Waals surface area contributed by atoms with E-state index in [1.807, 2.05) is 30.3 Å². The number of carbonyl (C=O) groups excluding carboxylic acids is 1. The molecule has 1 amide bonds. The Kier molecular flexibility index (Phi) is 5.93. The minimum atomic E-state index is -4.31. The number of rotatable bonds is 6. The smallest absolute Gasteiger partial charge is 0.398 e. The van der Waals surface area contributed by atoms with Crippen LogP contribution in [0, 0.1) is 0 Å². The van der Waals surface area contributed by atoms with Crippen LogP contribution in [-0.4, -0.2) is 34.7 Å². The number of thioether (sulfide) groups is 1. The van der Waals surface area contributed by atoms with E-state index in [2.05, 4.69) is 10.4 Å². The molecule has 0 aliphatic carbocycles. The van der Waals surface area contributed by atoms with Crippen LogP contribution in [0.25, 0.3) is 5.69 Å². The van der Waals surface area contributed by atoms with Gasteiger partial charge in [0.1, 0.15) is 0 Å². The average Bonchev–Trinajstić information content (AvgIpc) is 3.12. The van der Waals surface area contributed by atoms with Gasteiger partial charge < -0.3 is 10.1 Å². The predicted molar refractivity (Wildman–Crippen MR) is 101 cm³/mol. The quantitative estimate of drug-likeness (QED) is 0.597. The Morgan fingerprint density at radius 1 is 1.14 bits per heavy atom. The first kappa shape index (κ1) is 19.8. The summed E-state index contributed by atoms with van der Waals surface area (Å²) in [5.41, 5.74) is 1.04. The van der Waals surface area contributed by atoms with Crippen LogP contribution in [-0.2, 0) is 0 Å². The highest BCUT2D eigenvalue weighted by molar-refractivity contribution is 7.99. The van der Waals surface area contributed by atoms with Gasteiger partial charge in [-0.2, -0.15) is 18.3 Å². The Morgan fingerprint density at radius 2 is 1.82 bits per heavy atom. The Labute approximate surface area is 163 Å². The molecule has 3 aromatic rings. The summed E-state index contributed by atoms with van der Waals surface area (Å²) in [5.74, 6) is -1.38. The van der Waals surface area contributed by atoms with Crippen molar-refractivity contribution in [3.8, 4) is 11.4 Å². The van der Waals surface area contributed by atoms with Gasteiger partial charge in [0.25, 0.3) is 5.91 Å². The molecule has 0 saturated heterocycles. The van der Waals surface area contributed by atoms with E-state index in [0.717, 1.165) is 5.69 Å². The lowest BCUT2D eigenvalue weighted by molar-refractivity contribution is -0.105. The van der Waals surface area contributed by atoms with Crippen molar-refractivity contribution in [2.45, 2.75) is 11.1 Å². The van der Waals surface area contributed by atoms with E-state index in [9.17, 15) is 18.0 Å². The van der Waals surface area contributed by atoms with E-state index in [1.165, 1.54) is 23.9 Å². The molecule has 0 atom stereocenters. The van der Waals surface area contributed by atoms with Gasteiger partial charge in [-0.25, -0.2) is 4.68 Å². The molecule has 0 aliphatic heterocycles.